The van der Waals surface area contributed by atoms with Crippen LogP contribution in [-0.4, -0.2) is 70.0 Å². The van der Waals surface area contributed by atoms with Crippen molar-refractivity contribution in [3.05, 3.63) is 78.0 Å². The molecule has 9 nitrogen and oxygen atoms in total. The molecular weight excluding hydrogens is 532 g/mol. The van der Waals surface area contributed by atoms with Crippen molar-refractivity contribution in [1.29, 1.82) is 0 Å². The Kier molecular flexibility index (Phi) is 9.29. The molecule has 9 heteroatoms. The lowest BCUT2D eigenvalue weighted by Crippen LogP contribution is -2.57. The monoisotopic (exact) mass is 572 g/mol. The zero-order valence-corrected chi connectivity index (χ0v) is 25.2. The molecule has 0 aromatic heterocycles. The third-order valence-corrected chi connectivity index (χ3v) is 7.23. The van der Waals surface area contributed by atoms with E-state index < -0.39 is 29.3 Å². The molecule has 0 aliphatic carbocycles. The molecule has 2 aromatic rings. The van der Waals surface area contributed by atoms with Gasteiger partial charge in [-0.1, -0.05) is 88.4 Å². The van der Waals surface area contributed by atoms with Gasteiger partial charge in [-0.05, 0) is 30.9 Å². The van der Waals surface area contributed by atoms with Crippen molar-refractivity contribution in [3.63, 3.8) is 0 Å². The molecule has 42 heavy (non-hydrogen) atoms. The molecule has 0 fully saturated rings. The van der Waals surface area contributed by atoms with E-state index in [1.807, 2.05) is 88.4 Å². The van der Waals surface area contributed by atoms with E-state index in [1.165, 1.54) is 9.80 Å². The maximum absolute atomic E-state index is 14.0. The van der Waals surface area contributed by atoms with Crippen LogP contribution in [0.1, 0.15) is 52.7 Å². The van der Waals surface area contributed by atoms with Gasteiger partial charge in [-0.3, -0.25) is 24.1 Å². The zero-order valence-electron chi connectivity index (χ0n) is 25.2. The highest BCUT2D eigenvalue weighted by Crippen LogP contribution is 2.31. The molecule has 2 heterocycles. The number of aliphatic imine (C=N–C) groups is 1. The van der Waals surface area contributed by atoms with Crippen molar-refractivity contribution in [2.75, 3.05) is 13.2 Å². The first-order valence-corrected chi connectivity index (χ1v) is 14.4. The first-order valence-electron chi connectivity index (χ1n) is 14.4. The largest absolute Gasteiger partial charge is 0.473 e. The number of amides is 3. The van der Waals surface area contributed by atoms with Crippen LogP contribution in [0.2, 0.25) is 0 Å². The minimum absolute atomic E-state index is 0.0112. The molecule has 0 saturated heterocycles. The first-order chi connectivity index (χ1) is 19.9. The minimum Gasteiger partial charge on any atom is -0.473 e. The Hall–Kier alpha value is -4.27. The lowest BCUT2D eigenvalue weighted by atomic mass is 9.95. The molecule has 2 aliphatic heterocycles. The van der Waals surface area contributed by atoms with Crippen molar-refractivity contribution >= 4 is 35.1 Å². The number of carbonyl (C=O) groups is 4. The van der Waals surface area contributed by atoms with E-state index in [1.54, 1.807) is 20.0 Å². The van der Waals surface area contributed by atoms with Crippen LogP contribution < -0.4 is 5.32 Å². The van der Waals surface area contributed by atoms with E-state index in [-0.39, 0.29) is 49.1 Å². The van der Waals surface area contributed by atoms with Gasteiger partial charge in [-0.15, -0.1) is 0 Å². The van der Waals surface area contributed by atoms with E-state index >= 15 is 0 Å². The maximum Gasteiger partial charge on any atom is 0.256 e. The summed E-state index contributed by atoms with van der Waals surface area (Å²) in [6.45, 7) is 11.0. The van der Waals surface area contributed by atoms with Crippen molar-refractivity contribution in [2.45, 2.75) is 65.6 Å². The summed E-state index contributed by atoms with van der Waals surface area (Å²) in [6.07, 6.45) is 1.90. The molecule has 0 spiro atoms. The summed E-state index contributed by atoms with van der Waals surface area (Å²) < 4.78 is 5.60. The van der Waals surface area contributed by atoms with Crippen molar-refractivity contribution in [3.8, 4) is 0 Å². The Bertz CT molecular complexity index is 1380. The first kappa shape index (κ1) is 30.7. The number of hydrogen-bond acceptors (Lipinski definition) is 6. The van der Waals surface area contributed by atoms with Crippen LogP contribution in [0.4, 0.5) is 0 Å². The highest BCUT2D eigenvalue weighted by Gasteiger charge is 2.42. The third kappa shape index (κ3) is 6.95. The fourth-order valence-electron chi connectivity index (χ4n) is 5.09. The standard InChI is InChI=1S/C33H40N4O5/c1-21(2)28-32(41)36(26(24-15-11-8-12-16-24)18-37(28)31(40)22(3)4)19-27(38)34-25(17-23-13-9-7-10-14-23)29(39)30-35-33(5,6)20-42-30/h7-16,18,21-22,25,28H,17,19-20H2,1-6H3,(H,34,38)/t25-,28?/m0/s1. The van der Waals surface area contributed by atoms with Crippen molar-refractivity contribution in [1.82, 2.24) is 15.1 Å². The smallest absolute Gasteiger partial charge is 0.256 e. The second kappa shape index (κ2) is 12.7. The normalized spacial score (nSPS) is 18.9. The van der Waals surface area contributed by atoms with Gasteiger partial charge in [0.05, 0.1) is 11.2 Å². The number of Topliss-reactive ketones (excluding diaryl/α,β-unsaturated/α-hetero) is 1. The van der Waals surface area contributed by atoms with Gasteiger partial charge in [-0.25, -0.2) is 4.99 Å². The molecule has 2 aliphatic rings. The van der Waals surface area contributed by atoms with Gasteiger partial charge < -0.3 is 15.0 Å². The second-order valence-electron chi connectivity index (χ2n) is 12.1. The number of rotatable bonds is 10. The van der Waals surface area contributed by atoms with Crippen LogP contribution in [0, 0.1) is 11.8 Å². The van der Waals surface area contributed by atoms with Gasteiger partial charge in [0.15, 0.2) is 0 Å². The van der Waals surface area contributed by atoms with Crippen LogP contribution in [0.3, 0.4) is 0 Å². The summed E-state index contributed by atoms with van der Waals surface area (Å²) in [5.74, 6) is -1.99. The molecule has 1 N–H and O–H groups in total. The lowest BCUT2D eigenvalue weighted by molar-refractivity contribution is -0.147. The van der Waals surface area contributed by atoms with Gasteiger partial charge in [-0.2, -0.15) is 0 Å². The maximum atomic E-state index is 14.0. The average Bonchev–Trinajstić information content (AvgIpc) is 3.32. The molecule has 3 amide bonds. The number of benzene rings is 2. The van der Waals surface area contributed by atoms with Crippen LogP contribution in [0.5, 0.6) is 0 Å². The fourth-order valence-corrected chi connectivity index (χ4v) is 5.09. The summed E-state index contributed by atoms with van der Waals surface area (Å²) in [4.78, 5) is 61.7. The molecule has 4 rings (SSSR count). The van der Waals surface area contributed by atoms with Gasteiger partial charge in [0, 0.05) is 18.5 Å². The van der Waals surface area contributed by atoms with Crippen LogP contribution in [-0.2, 0) is 30.3 Å². The summed E-state index contributed by atoms with van der Waals surface area (Å²) in [5.41, 5.74) is 1.45. The van der Waals surface area contributed by atoms with E-state index in [2.05, 4.69) is 10.3 Å². The molecule has 0 saturated carbocycles. The highest BCUT2D eigenvalue weighted by atomic mass is 16.5. The predicted octanol–water partition coefficient (Wildman–Crippen LogP) is 3.84. The van der Waals surface area contributed by atoms with E-state index in [9.17, 15) is 19.2 Å². The number of nitrogens with zero attached hydrogens (tertiary/aromatic N) is 3. The van der Waals surface area contributed by atoms with E-state index in [0.717, 1.165) is 5.56 Å². The van der Waals surface area contributed by atoms with Crippen molar-refractivity contribution < 1.29 is 23.9 Å². The summed E-state index contributed by atoms with van der Waals surface area (Å²) in [5, 5.41) is 2.85. The summed E-state index contributed by atoms with van der Waals surface area (Å²) >= 11 is 0. The average molecular weight is 573 g/mol. The molecule has 0 radical (unpaired) electrons. The van der Waals surface area contributed by atoms with Crippen LogP contribution >= 0.6 is 0 Å². The van der Waals surface area contributed by atoms with Gasteiger partial charge in [0.1, 0.15) is 25.2 Å². The Morgan fingerprint density at radius 2 is 1.62 bits per heavy atom. The van der Waals surface area contributed by atoms with E-state index in [4.69, 9.17) is 4.74 Å². The Morgan fingerprint density at radius 1 is 1.00 bits per heavy atom. The Labute approximate surface area is 247 Å². The van der Waals surface area contributed by atoms with Crippen molar-refractivity contribution in [2.24, 2.45) is 16.8 Å². The molecule has 2 aromatic carbocycles. The quantitative estimate of drug-likeness (QED) is 0.466. The topological polar surface area (TPSA) is 108 Å². The minimum atomic E-state index is -0.948. The Morgan fingerprint density at radius 3 is 2.17 bits per heavy atom. The van der Waals surface area contributed by atoms with Gasteiger partial charge >= 0.3 is 0 Å². The van der Waals surface area contributed by atoms with Crippen LogP contribution in [0.25, 0.3) is 5.70 Å². The lowest BCUT2D eigenvalue weighted by Gasteiger charge is -2.41. The zero-order chi connectivity index (χ0) is 30.6. The molecule has 0 bridgehead atoms. The second-order valence-corrected chi connectivity index (χ2v) is 12.1. The Balaban J connectivity index is 1.66. The third-order valence-electron chi connectivity index (χ3n) is 7.23. The number of carbonyl (C=O) groups excluding carboxylic acids is 4. The number of hydrogen-bond donors (Lipinski definition) is 1. The number of ether oxygens (including phenoxy) is 1. The highest BCUT2D eigenvalue weighted by molar-refractivity contribution is 6.39. The predicted molar refractivity (Wildman–Crippen MR) is 161 cm³/mol. The summed E-state index contributed by atoms with van der Waals surface area (Å²) in [6, 6.07) is 16.8. The molecular formula is C33H40N4O5. The van der Waals surface area contributed by atoms with Gasteiger partial charge in [0.25, 0.3) is 11.8 Å². The summed E-state index contributed by atoms with van der Waals surface area (Å²) in [7, 11) is 0. The fraction of sp³-hybridized carbons (Fsp3) is 0.424. The SMILES string of the molecule is CC(C)C(=O)N1C=C(c2ccccc2)N(CC(=O)N[C@@H](Cc2ccccc2)C(=O)C2=NC(C)(C)CO2)C(=O)C1C(C)C. The molecule has 1 unspecified atom stereocenters. The van der Waals surface area contributed by atoms with Crippen LogP contribution in [0.15, 0.2) is 71.9 Å². The molecule has 2 atom stereocenters. The molecule has 222 valence electrons. The number of nitrogens with one attached hydrogen (secondary N) is 1. The van der Waals surface area contributed by atoms with E-state index in [0.29, 0.717) is 11.3 Å². The van der Waals surface area contributed by atoms with Gasteiger partial charge in [0.2, 0.25) is 17.6 Å². The number of ketones is 1.